The number of rotatable bonds is 2. The summed E-state index contributed by atoms with van der Waals surface area (Å²) in [6.07, 6.45) is 0. The van der Waals surface area contributed by atoms with E-state index in [1.165, 1.54) is 0 Å². The largest absolute Gasteiger partial charge is 0.326 e. The van der Waals surface area contributed by atoms with E-state index < -0.39 is 0 Å². The molecule has 0 aromatic carbocycles. The third kappa shape index (κ3) is 1.74. The first-order chi connectivity index (χ1) is 5.65. The van der Waals surface area contributed by atoms with Crippen LogP contribution in [0.4, 0.5) is 0 Å². The highest BCUT2D eigenvalue weighted by molar-refractivity contribution is 5.21. The molecule has 1 unspecified atom stereocenters. The Morgan fingerprint density at radius 1 is 1.50 bits per heavy atom. The van der Waals surface area contributed by atoms with Crippen molar-refractivity contribution in [1.29, 1.82) is 0 Å². The fraction of sp³-hybridized carbons (Fsp3) is 0.444. The summed E-state index contributed by atoms with van der Waals surface area (Å²) in [5, 5.41) is 3.12. The molecule has 0 amide bonds. The van der Waals surface area contributed by atoms with Gasteiger partial charge in [0.15, 0.2) is 0 Å². The smallest absolute Gasteiger partial charge is 0.248 e. The Balaban J connectivity index is 3.09. The van der Waals surface area contributed by atoms with Crippen molar-refractivity contribution < 1.29 is 0 Å². The second-order valence-electron chi connectivity index (χ2n) is 2.91. The van der Waals surface area contributed by atoms with Gasteiger partial charge in [0.05, 0.1) is 0 Å². The van der Waals surface area contributed by atoms with Crippen LogP contribution in [0.15, 0.2) is 16.9 Å². The molecule has 0 aliphatic rings. The molecule has 1 rings (SSSR count). The van der Waals surface area contributed by atoms with Crippen molar-refractivity contribution in [3.8, 4) is 0 Å². The second kappa shape index (κ2) is 3.54. The maximum atomic E-state index is 10.9. The molecule has 12 heavy (non-hydrogen) atoms. The second-order valence-corrected chi connectivity index (χ2v) is 2.91. The van der Waals surface area contributed by atoms with E-state index in [1.54, 1.807) is 6.07 Å². The zero-order chi connectivity index (χ0) is 9.14. The molecule has 0 saturated heterocycles. The number of H-pyrrole nitrogens is 1. The van der Waals surface area contributed by atoms with Crippen LogP contribution in [-0.4, -0.2) is 12.0 Å². The maximum absolute atomic E-state index is 10.9. The SMILES string of the molecule is CNC(C)c1ccc(=O)[nH]c1C. The van der Waals surface area contributed by atoms with E-state index in [9.17, 15) is 4.79 Å². The van der Waals surface area contributed by atoms with Gasteiger partial charge in [-0.3, -0.25) is 4.79 Å². The topological polar surface area (TPSA) is 44.9 Å². The van der Waals surface area contributed by atoms with E-state index in [0.29, 0.717) is 0 Å². The predicted molar refractivity (Wildman–Crippen MR) is 49.3 cm³/mol. The molecule has 0 saturated carbocycles. The van der Waals surface area contributed by atoms with Crippen molar-refractivity contribution in [2.75, 3.05) is 7.05 Å². The molecule has 0 bridgehead atoms. The lowest BCUT2D eigenvalue weighted by Gasteiger charge is -2.12. The third-order valence-electron chi connectivity index (χ3n) is 2.06. The molecule has 0 radical (unpaired) electrons. The van der Waals surface area contributed by atoms with E-state index >= 15 is 0 Å². The maximum Gasteiger partial charge on any atom is 0.248 e. The minimum atomic E-state index is -0.0421. The van der Waals surface area contributed by atoms with Gasteiger partial charge < -0.3 is 10.3 Å². The third-order valence-corrected chi connectivity index (χ3v) is 2.06. The Kier molecular flexibility index (Phi) is 2.65. The van der Waals surface area contributed by atoms with Crippen molar-refractivity contribution in [2.45, 2.75) is 19.9 Å². The van der Waals surface area contributed by atoms with Gasteiger partial charge in [0.1, 0.15) is 0 Å². The van der Waals surface area contributed by atoms with Crippen molar-refractivity contribution >= 4 is 0 Å². The Morgan fingerprint density at radius 3 is 2.67 bits per heavy atom. The van der Waals surface area contributed by atoms with Crippen molar-refractivity contribution in [3.63, 3.8) is 0 Å². The van der Waals surface area contributed by atoms with Crippen molar-refractivity contribution in [1.82, 2.24) is 10.3 Å². The first kappa shape index (κ1) is 9.00. The number of aromatic amines is 1. The molecule has 1 atom stereocenters. The number of pyridine rings is 1. The molecule has 3 nitrogen and oxygen atoms in total. The van der Waals surface area contributed by atoms with Gasteiger partial charge in [-0.1, -0.05) is 6.07 Å². The Bertz CT molecular complexity index is 317. The summed E-state index contributed by atoms with van der Waals surface area (Å²) in [5.41, 5.74) is 2.03. The van der Waals surface area contributed by atoms with Gasteiger partial charge in [-0.25, -0.2) is 0 Å². The van der Waals surface area contributed by atoms with Crippen molar-refractivity contribution in [2.24, 2.45) is 0 Å². The molecular formula is C9H14N2O. The van der Waals surface area contributed by atoms with Crippen LogP contribution in [0, 0.1) is 6.92 Å². The number of hydrogen-bond acceptors (Lipinski definition) is 2. The van der Waals surface area contributed by atoms with E-state index in [2.05, 4.69) is 17.2 Å². The minimum absolute atomic E-state index is 0.0421. The van der Waals surface area contributed by atoms with Crippen LogP contribution in [0.1, 0.15) is 24.2 Å². The van der Waals surface area contributed by atoms with Crippen LogP contribution in [0.25, 0.3) is 0 Å². The number of nitrogens with one attached hydrogen (secondary N) is 2. The molecular weight excluding hydrogens is 152 g/mol. The van der Waals surface area contributed by atoms with Crippen LogP contribution in [0.3, 0.4) is 0 Å². The van der Waals surface area contributed by atoms with Crippen LogP contribution in [0.5, 0.6) is 0 Å². The van der Waals surface area contributed by atoms with E-state index in [1.807, 2.05) is 20.0 Å². The molecule has 2 N–H and O–H groups in total. The highest BCUT2D eigenvalue weighted by Gasteiger charge is 2.05. The summed E-state index contributed by atoms with van der Waals surface area (Å²) in [6, 6.07) is 3.69. The van der Waals surface area contributed by atoms with E-state index in [4.69, 9.17) is 0 Å². The van der Waals surface area contributed by atoms with Crippen LogP contribution < -0.4 is 10.9 Å². The molecule has 0 aliphatic heterocycles. The number of hydrogen-bond donors (Lipinski definition) is 2. The summed E-state index contributed by atoms with van der Waals surface area (Å²) in [7, 11) is 1.90. The van der Waals surface area contributed by atoms with Gasteiger partial charge in [0, 0.05) is 17.8 Å². The predicted octanol–water partition coefficient (Wildman–Crippen LogP) is 0.964. The highest BCUT2D eigenvalue weighted by Crippen LogP contribution is 2.12. The van der Waals surface area contributed by atoms with E-state index in [-0.39, 0.29) is 11.6 Å². The fourth-order valence-electron chi connectivity index (χ4n) is 1.21. The number of aryl methyl sites for hydroxylation is 1. The Morgan fingerprint density at radius 2 is 2.17 bits per heavy atom. The summed E-state index contributed by atoms with van der Waals surface area (Å²) in [6.45, 7) is 3.96. The molecule has 0 spiro atoms. The Labute approximate surface area is 71.8 Å². The molecule has 66 valence electrons. The summed E-state index contributed by atoms with van der Waals surface area (Å²) in [4.78, 5) is 13.6. The average molecular weight is 166 g/mol. The zero-order valence-electron chi connectivity index (χ0n) is 7.64. The normalized spacial score (nSPS) is 12.9. The average Bonchev–Trinajstić information content (AvgIpc) is 2.03. The summed E-state index contributed by atoms with van der Waals surface area (Å²) >= 11 is 0. The highest BCUT2D eigenvalue weighted by atomic mass is 16.1. The quantitative estimate of drug-likeness (QED) is 0.687. The van der Waals surface area contributed by atoms with Gasteiger partial charge >= 0.3 is 0 Å². The zero-order valence-corrected chi connectivity index (χ0v) is 7.64. The summed E-state index contributed by atoms with van der Waals surface area (Å²) in [5.74, 6) is 0. The molecule has 3 heteroatoms. The first-order valence-electron chi connectivity index (χ1n) is 4.02. The van der Waals surface area contributed by atoms with Crippen LogP contribution in [-0.2, 0) is 0 Å². The van der Waals surface area contributed by atoms with E-state index in [0.717, 1.165) is 11.3 Å². The lowest BCUT2D eigenvalue weighted by Crippen LogP contribution is -2.16. The molecule has 1 heterocycles. The van der Waals surface area contributed by atoms with Gasteiger partial charge in [0.25, 0.3) is 0 Å². The molecule has 1 aromatic heterocycles. The van der Waals surface area contributed by atoms with Crippen LogP contribution in [0.2, 0.25) is 0 Å². The van der Waals surface area contributed by atoms with Gasteiger partial charge in [-0.15, -0.1) is 0 Å². The number of aromatic nitrogens is 1. The minimum Gasteiger partial charge on any atom is -0.326 e. The van der Waals surface area contributed by atoms with Crippen LogP contribution >= 0.6 is 0 Å². The first-order valence-corrected chi connectivity index (χ1v) is 4.02. The lowest BCUT2D eigenvalue weighted by molar-refractivity contribution is 0.644. The van der Waals surface area contributed by atoms with Crippen molar-refractivity contribution in [3.05, 3.63) is 33.7 Å². The fourth-order valence-corrected chi connectivity index (χ4v) is 1.21. The molecule has 0 fully saturated rings. The standard InChI is InChI=1S/C9H14N2O/c1-6(10-3)8-4-5-9(12)11-7(8)2/h4-6,10H,1-3H3,(H,11,12). The van der Waals surface area contributed by atoms with Gasteiger partial charge in [0.2, 0.25) is 5.56 Å². The molecule has 1 aromatic rings. The van der Waals surface area contributed by atoms with Gasteiger partial charge in [-0.2, -0.15) is 0 Å². The summed E-state index contributed by atoms with van der Waals surface area (Å²) < 4.78 is 0. The molecule has 0 aliphatic carbocycles. The lowest BCUT2D eigenvalue weighted by atomic mass is 10.1. The Hall–Kier alpha value is -1.09. The van der Waals surface area contributed by atoms with Gasteiger partial charge in [-0.05, 0) is 26.5 Å². The monoisotopic (exact) mass is 166 g/mol.